The fourth-order valence-electron chi connectivity index (χ4n) is 3.15. The highest BCUT2D eigenvalue weighted by Gasteiger charge is 2.36. The van der Waals surface area contributed by atoms with Gasteiger partial charge in [0.2, 0.25) is 5.95 Å². The summed E-state index contributed by atoms with van der Waals surface area (Å²) in [6.45, 7) is -0.268. The van der Waals surface area contributed by atoms with Gasteiger partial charge in [-0.3, -0.25) is 23.3 Å². The Bertz CT molecular complexity index is 1240. The van der Waals surface area contributed by atoms with E-state index in [1.54, 1.807) is 0 Å². The molecule has 0 spiro atoms. The molecule has 140 valence electrons. The Morgan fingerprint density at radius 3 is 2.44 bits per heavy atom. The number of hydrogen-bond donors (Lipinski definition) is 0. The number of rotatable bonds is 1. The zero-order valence-electron chi connectivity index (χ0n) is 14.1. The third kappa shape index (κ3) is 2.31. The molecule has 0 unspecified atom stereocenters. The lowest BCUT2D eigenvalue weighted by Crippen LogP contribution is -2.37. The van der Waals surface area contributed by atoms with E-state index in [0.717, 1.165) is 26.2 Å². The predicted octanol–water partition coefficient (Wildman–Crippen LogP) is 1.13. The zero-order chi connectivity index (χ0) is 19.7. The molecule has 0 fully saturated rings. The average Bonchev–Trinajstić information content (AvgIpc) is 3.12. The van der Waals surface area contributed by atoms with E-state index in [-0.39, 0.29) is 29.3 Å². The number of carbonyl (C=O) groups is 1. The number of carbonyl (C=O) groups excluding carboxylic acids is 1. The molecule has 2 aromatic heterocycles. The highest BCUT2D eigenvalue weighted by atomic mass is 19.4. The summed E-state index contributed by atoms with van der Waals surface area (Å²) in [5.74, 6) is -0.540. The summed E-state index contributed by atoms with van der Waals surface area (Å²) >= 11 is 0. The van der Waals surface area contributed by atoms with Gasteiger partial charge in [-0.25, -0.2) is 9.69 Å². The van der Waals surface area contributed by atoms with Gasteiger partial charge in [0.25, 0.3) is 11.5 Å². The van der Waals surface area contributed by atoms with Gasteiger partial charge in [0.1, 0.15) is 6.54 Å². The maximum absolute atomic E-state index is 13.0. The minimum Gasteiger partial charge on any atom is -0.294 e. The van der Waals surface area contributed by atoms with Crippen LogP contribution < -0.4 is 16.1 Å². The minimum absolute atomic E-state index is 0.00683. The molecule has 4 rings (SSSR count). The van der Waals surface area contributed by atoms with Crippen LogP contribution in [0, 0.1) is 0 Å². The first-order valence-corrected chi connectivity index (χ1v) is 7.77. The van der Waals surface area contributed by atoms with Gasteiger partial charge in [0.05, 0.1) is 11.3 Å². The smallest absolute Gasteiger partial charge is 0.294 e. The highest BCUT2D eigenvalue weighted by molar-refractivity contribution is 6.04. The van der Waals surface area contributed by atoms with Crippen LogP contribution in [0.5, 0.6) is 0 Å². The molecular formula is C16H12F3N5O3. The van der Waals surface area contributed by atoms with Crippen molar-refractivity contribution in [3.8, 4) is 0 Å². The Morgan fingerprint density at radius 2 is 1.78 bits per heavy atom. The fraction of sp³-hybridized carbons (Fsp3) is 0.250. The van der Waals surface area contributed by atoms with Crippen LogP contribution >= 0.6 is 0 Å². The lowest BCUT2D eigenvalue weighted by molar-refractivity contribution is -0.137. The Labute approximate surface area is 148 Å². The van der Waals surface area contributed by atoms with Crippen molar-refractivity contribution < 1.29 is 18.0 Å². The van der Waals surface area contributed by atoms with E-state index in [2.05, 4.69) is 4.98 Å². The monoisotopic (exact) mass is 379 g/mol. The van der Waals surface area contributed by atoms with E-state index in [4.69, 9.17) is 0 Å². The van der Waals surface area contributed by atoms with E-state index in [0.29, 0.717) is 0 Å². The van der Waals surface area contributed by atoms with Crippen molar-refractivity contribution in [2.45, 2.75) is 12.7 Å². The quantitative estimate of drug-likeness (QED) is 0.635. The molecule has 0 saturated heterocycles. The number of aromatic nitrogens is 4. The van der Waals surface area contributed by atoms with Gasteiger partial charge in [-0.05, 0) is 18.2 Å². The summed E-state index contributed by atoms with van der Waals surface area (Å²) in [5.41, 5.74) is -2.07. The van der Waals surface area contributed by atoms with Crippen LogP contribution in [0.4, 0.5) is 24.8 Å². The van der Waals surface area contributed by atoms with Crippen molar-refractivity contribution in [3.05, 3.63) is 50.7 Å². The van der Waals surface area contributed by atoms with Crippen LogP contribution in [0.1, 0.15) is 5.56 Å². The molecule has 8 nitrogen and oxygen atoms in total. The number of aryl methyl sites for hydroxylation is 1. The molecule has 0 radical (unpaired) electrons. The van der Waals surface area contributed by atoms with Crippen molar-refractivity contribution in [2.24, 2.45) is 14.1 Å². The Hall–Kier alpha value is -3.37. The molecule has 27 heavy (non-hydrogen) atoms. The number of fused-ring (bicyclic) bond motifs is 3. The maximum Gasteiger partial charge on any atom is 0.416 e. The first-order chi connectivity index (χ1) is 12.6. The SMILES string of the molecule is Cn1c(=O)c2c(nc3n2CC(=O)N3c2cccc(C(F)(F)F)c2)n(C)c1=O. The van der Waals surface area contributed by atoms with Crippen LogP contribution in [-0.2, 0) is 31.6 Å². The minimum atomic E-state index is -4.57. The van der Waals surface area contributed by atoms with Crippen molar-refractivity contribution in [1.82, 2.24) is 18.7 Å². The number of nitrogens with zero attached hydrogens (tertiary/aromatic N) is 5. The second-order valence-electron chi connectivity index (χ2n) is 6.15. The predicted molar refractivity (Wildman–Crippen MR) is 88.8 cm³/mol. The van der Waals surface area contributed by atoms with Gasteiger partial charge in [0, 0.05) is 14.1 Å². The Balaban J connectivity index is 1.98. The van der Waals surface area contributed by atoms with Crippen LogP contribution in [0.3, 0.4) is 0 Å². The van der Waals surface area contributed by atoms with E-state index in [1.807, 2.05) is 0 Å². The fourth-order valence-corrected chi connectivity index (χ4v) is 3.15. The first kappa shape index (κ1) is 17.1. The van der Waals surface area contributed by atoms with Gasteiger partial charge >= 0.3 is 11.9 Å². The molecule has 3 aromatic rings. The average molecular weight is 379 g/mol. The molecule has 1 aliphatic heterocycles. The summed E-state index contributed by atoms with van der Waals surface area (Å²) in [4.78, 5) is 42.2. The van der Waals surface area contributed by atoms with Crippen molar-refractivity contribution in [1.29, 1.82) is 0 Å². The standard InChI is InChI=1S/C16H12F3N5O3/c1-21-12-11(13(26)22(2)15(21)27)23-7-10(25)24(14(23)20-12)9-5-3-4-8(6-9)16(17,18)19/h3-6H,7H2,1-2H3. The van der Waals surface area contributed by atoms with Crippen molar-refractivity contribution in [3.63, 3.8) is 0 Å². The second kappa shape index (κ2) is 5.32. The molecule has 3 heterocycles. The van der Waals surface area contributed by atoms with Crippen LogP contribution in [0.15, 0.2) is 33.9 Å². The molecule has 11 heteroatoms. The lowest BCUT2D eigenvalue weighted by atomic mass is 10.2. The van der Waals surface area contributed by atoms with E-state index < -0.39 is 28.9 Å². The number of imidazole rings is 1. The number of anilines is 2. The number of benzene rings is 1. The molecule has 0 atom stereocenters. The molecule has 0 saturated carbocycles. The summed E-state index contributed by atoms with van der Waals surface area (Å²) in [5, 5.41) is 0. The van der Waals surface area contributed by atoms with Crippen molar-refractivity contribution in [2.75, 3.05) is 4.90 Å². The summed E-state index contributed by atoms with van der Waals surface area (Å²) in [6.07, 6.45) is -4.57. The largest absolute Gasteiger partial charge is 0.416 e. The van der Waals surface area contributed by atoms with Crippen LogP contribution in [0.2, 0.25) is 0 Å². The van der Waals surface area contributed by atoms with Crippen molar-refractivity contribution >= 4 is 28.7 Å². The molecule has 1 amide bonds. The Morgan fingerprint density at radius 1 is 1.07 bits per heavy atom. The summed E-state index contributed by atoms with van der Waals surface area (Å²) in [6, 6.07) is 4.27. The number of alkyl halides is 3. The molecule has 0 bridgehead atoms. The van der Waals surface area contributed by atoms with Gasteiger partial charge < -0.3 is 0 Å². The molecule has 0 N–H and O–H groups in total. The van der Waals surface area contributed by atoms with Crippen LogP contribution in [0.25, 0.3) is 11.2 Å². The van der Waals surface area contributed by atoms with Crippen LogP contribution in [-0.4, -0.2) is 24.6 Å². The van der Waals surface area contributed by atoms with Gasteiger partial charge in [0.15, 0.2) is 11.2 Å². The van der Waals surface area contributed by atoms with E-state index in [1.165, 1.54) is 30.8 Å². The Kier molecular flexibility index (Phi) is 3.36. The normalized spacial score (nSPS) is 14.3. The van der Waals surface area contributed by atoms with Gasteiger partial charge in [-0.15, -0.1) is 0 Å². The zero-order valence-corrected chi connectivity index (χ0v) is 14.1. The van der Waals surface area contributed by atoms with Gasteiger partial charge in [-0.1, -0.05) is 6.07 Å². The molecule has 0 aliphatic carbocycles. The number of halogens is 3. The third-order valence-corrected chi connectivity index (χ3v) is 4.50. The second-order valence-corrected chi connectivity index (χ2v) is 6.15. The third-order valence-electron chi connectivity index (χ3n) is 4.50. The van der Waals surface area contributed by atoms with E-state index >= 15 is 0 Å². The number of hydrogen-bond acceptors (Lipinski definition) is 4. The topological polar surface area (TPSA) is 82.1 Å². The molecule has 1 aromatic carbocycles. The van der Waals surface area contributed by atoms with Gasteiger partial charge in [-0.2, -0.15) is 18.2 Å². The summed E-state index contributed by atoms with van der Waals surface area (Å²) in [7, 11) is 2.72. The number of amides is 1. The first-order valence-electron chi connectivity index (χ1n) is 7.77. The maximum atomic E-state index is 13.0. The highest BCUT2D eigenvalue weighted by Crippen LogP contribution is 2.36. The molecule has 1 aliphatic rings. The molecular weight excluding hydrogens is 367 g/mol. The lowest BCUT2D eigenvalue weighted by Gasteiger charge is -2.16. The van der Waals surface area contributed by atoms with E-state index in [9.17, 15) is 27.6 Å². The summed E-state index contributed by atoms with van der Waals surface area (Å²) < 4.78 is 42.3.